The fourth-order valence-corrected chi connectivity index (χ4v) is 3.41. The Kier molecular flexibility index (Phi) is 6.09. The quantitative estimate of drug-likeness (QED) is 0.550. The van der Waals surface area contributed by atoms with Crippen LogP contribution in [-0.2, 0) is 4.79 Å². The summed E-state index contributed by atoms with van der Waals surface area (Å²) in [6.45, 7) is 4.24. The molecule has 0 heterocycles. The van der Waals surface area contributed by atoms with Crippen LogP contribution in [0.25, 0.3) is 0 Å². The van der Waals surface area contributed by atoms with Gasteiger partial charge in [0.15, 0.2) is 0 Å². The van der Waals surface area contributed by atoms with Gasteiger partial charge in [0.05, 0.1) is 17.5 Å². The molecule has 0 saturated heterocycles. The number of hydrogen-bond donors (Lipinski definition) is 1. The summed E-state index contributed by atoms with van der Waals surface area (Å²) < 4.78 is 0. The Morgan fingerprint density at radius 3 is 2.50 bits per heavy atom. The van der Waals surface area contributed by atoms with Crippen LogP contribution in [0.1, 0.15) is 48.5 Å². The molecule has 1 aliphatic rings. The second-order valence-electron chi connectivity index (χ2n) is 7.74. The fourth-order valence-electron chi connectivity index (χ4n) is 3.41. The van der Waals surface area contributed by atoms with Gasteiger partial charge in [-0.15, -0.1) is 0 Å². The Hall–Kier alpha value is -2.73. The number of nitro groups is 1. The molecule has 6 nitrogen and oxygen atoms in total. The Morgan fingerprint density at radius 2 is 1.89 bits per heavy atom. The zero-order valence-electron chi connectivity index (χ0n) is 16.6. The van der Waals surface area contributed by atoms with Crippen LogP contribution in [-0.4, -0.2) is 29.3 Å². The van der Waals surface area contributed by atoms with Gasteiger partial charge in [0.25, 0.3) is 5.69 Å². The van der Waals surface area contributed by atoms with Crippen LogP contribution in [0.2, 0.25) is 0 Å². The van der Waals surface area contributed by atoms with Crippen LogP contribution in [0, 0.1) is 23.0 Å². The second-order valence-corrected chi connectivity index (χ2v) is 7.74. The molecular formula is C22H27N3O3. The maximum Gasteiger partial charge on any atom is 0.269 e. The Labute approximate surface area is 165 Å². The molecule has 148 valence electrons. The number of aryl methyl sites for hydroxylation is 1. The summed E-state index contributed by atoms with van der Waals surface area (Å²) in [5, 5.41) is 14.2. The van der Waals surface area contributed by atoms with Gasteiger partial charge in [0, 0.05) is 18.2 Å². The van der Waals surface area contributed by atoms with Crippen LogP contribution < -0.4 is 5.32 Å². The number of nitrogens with zero attached hydrogens (tertiary/aromatic N) is 2. The van der Waals surface area contributed by atoms with E-state index in [2.05, 4.69) is 36.5 Å². The van der Waals surface area contributed by atoms with Gasteiger partial charge in [-0.3, -0.25) is 19.8 Å². The van der Waals surface area contributed by atoms with Crippen LogP contribution in [0.4, 0.5) is 5.69 Å². The molecule has 2 aromatic rings. The molecule has 1 fully saturated rings. The topological polar surface area (TPSA) is 75.5 Å². The number of amides is 1. The lowest BCUT2D eigenvalue weighted by Gasteiger charge is -2.26. The van der Waals surface area contributed by atoms with Gasteiger partial charge in [-0.25, -0.2) is 0 Å². The molecule has 6 heteroatoms. The average Bonchev–Trinajstić information content (AvgIpc) is 3.51. The summed E-state index contributed by atoms with van der Waals surface area (Å²) in [5.74, 6) is 0.475. The molecule has 0 aliphatic heterocycles. The summed E-state index contributed by atoms with van der Waals surface area (Å²) in [6, 6.07) is 14.9. The number of nitrogens with one attached hydrogen (secondary N) is 1. The molecule has 1 N–H and O–H groups in total. The van der Waals surface area contributed by atoms with Crippen molar-refractivity contribution in [2.24, 2.45) is 5.92 Å². The summed E-state index contributed by atoms with van der Waals surface area (Å²) in [7, 11) is 1.86. The first-order valence-electron chi connectivity index (χ1n) is 9.65. The monoisotopic (exact) mass is 381 g/mol. The lowest BCUT2D eigenvalue weighted by molar-refractivity contribution is -0.384. The van der Waals surface area contributed by atoms with E-state index in [1.54, 1.807) is 12.1 Å². The van der Waals surface area contributed by atoms with Crippen molar-refractivity contribution in [2.75, 3.05) is 13.6 Å². The summed E-state index contributed by atoms with van der Waals surface area (Å²) in [4.78, 5) is 25.2. The molecular weight excluding hydrogens is 354 g/mol. The number of likely N-dealkylation sites (N-methyl/N-ethyl adjacent to an activating group) is 1. The SMILES string of the molecule is Cc1ccc(C(NC(=O)CN(C)C(C)c2cccc([N+](=O)[O-])c2)C2CC2)cc1. The van der Waals surface area contributed by atoms with E-state index in [0.717, 1.165) is 24.0 Å². The Morgan fingerprint density at radius 1 is 1.21 bits per heavy atom. The highest BCUT2D eigenvalue weighted by atomic mass is 16.6. The molecule has 1 saturated carbocycles. The molecule has 1 amide bonds. The number of carbonyl (C=O) groups excluding carboxylic acids is 1. The highest BCUT2D eigenvalue weighted by molar-refractivity contribution is 5.78. The van der Waals surface area contributed by atoms with E-state index in [-0.39, 0.29) is 30.2 Å². The standard InChI is InChI=1S/C22H27N3O3/c1-15-7-9-17(10-8-15)22(18-11-12-18)23-21(26)14-24(3)16(2)19-5-4-6-20(13-19)25(27)28/h4-10,13,16,18,22H,11-12,14H2,1-3H3,(H,23,26). The van der Waals surface area contributed by atoms with E-state index in [4.69, 9.17) is 0 Å². The van der Waals surface area contributed by atoms with Gasteiger partial charge < -0.3 is 5.32 Å². The molecule has 0 radical (unpaired) electrons. The van der Waals surface area contributed by atoms with E-state index in [1.165, 1.54) is 11.6 Å². The zero-order valence-corrected chi connectivity index (χ0v) is 16.6. The van der Waals surface area contributed by atoms with Gasteiger partial charge in [-0.2, -0.15) is 0 Å². The lowest BCUT2D eigenvalue weighted by atomic mass is 10.0. The lowest BCUT2D eigenvalue weighted by Crippen LogP contribution is -2.38. The number of hydrogen-bond acceptors (Lipinski definition) is 4. The minimum absolute atomic E-state index is 0.0303. The first kappa shape index (κ1) is 20.0. The van der Waals surface area contributed by atoms with E-state index in [9.17, 15) is 14.9 Å². The molecule has 2 aromatic carbocycles. The van der Waals surface area contributed by atoms with Gasteiger partial charge in [-0.05, 0) is 50.8 Å². The third-order valence-electron chi connectivity index (χ3n) is 5.46. The van der Waals surface area contributed by atoms with Gasteiger partial charge >= 0.3 is 0 Å². The largest absolute Gasteiger partial charge is 0.348 e. The van der Waals surface area contributed by atoms with Crippen molar-refractivity contribution in [3.8, 4) is 0 Å². The Bertz CT molecular complexity index is 846. The highest BCUT2D eigenvalue weighted by Gasteiger charge is 2.33. The minimum atomic E-state index is -0.398. The molecule has 0 spiro atoms. The third kappa shape index (κ3) is 4.95. The predicted octanol–water partition coefficient (Wildman–Crippen LogP) is 4.16. The summed E-state index contributed by atoms with van der Waals surface area (Å²) >= 11 is 0. The maximum absolute atomic E-state index is 12.7. The molecule has 28 heavy (non-hydrogen) atoms. The summed E-state index contributed by atoms with van der Waals surface area (Å²) in [6.07, 6.45) is 2.28. The minimum Gasteiger partial charge on any atom is -0.348 e. The molecule has 2 unspecified atom stereocenters. The van der Waals surface area contributed by atoms with Crippen LogP contribution in [0.3, 0.4) is 0 Å². The van der Waals surface area contributed by atoms with Crippen molar-refractivity contribution >= 4 is 11.6 Å². The second kappa shape index (κ2) is 8.52. The van der Waals surface area contributed by atoms with E-state index >= 15 is 0 Å². The molecule has 1 aliphatic carbocycles. The van der Waals surface area contributed by atoms with Crippen molar-refractivity contribution in [1.82, 2.24) is 10.2 Å². The van der Waals surface area contributed by atoms with Gasteiger partial charge in [-0.1, -0.05) is 42.0 Å². The van der Waals surface area contributed by atoms with E-state index < -0.39 is 4.92 Å². The number of non-ortho nitro benzene ring substituents is 1. The van der Waals surface area contributed by atoms with Crippen molar-refractivity contribution in [3.05, 3.63) is 75.3 Å². The normalized spacial score (nSPS) is 15.9. The predicted molar refractivity (Wildman–Crippen MR) is 109 cm³/mol. The van der Waals surface area contributed by atoms with E-state index in [1.807, 2.05) is 24.9 Å². The smallest absolute Gasteiger partial charge is 0.269 e. The molecule has 3 rings (SSSR count). The van der Waals surface area contributed by atoms with Crippen molar-refractivity contribution < 1.29 is 9.72 Å². The van der Waals surface area contributed by atoms with Crippen molar-refractivity contribution in [1.29, 1.82) is 0 Å². The van der Waals surface area contributed by atoms with Gasteiger partial charge in [0.1, 0.15) is 0 Å². The number of rotatable bonds is 8. The van der Waals surface area contributed by atoms with E-state index in [0.29, 0.717) is 5.92 Å². The molecule has 0 aromatic heterocycles. The number of benzene rings is 2. The first-order valence-corrected chi connectivity index (χ1v) is 9.65. The van der Waals surface area contributed by atoms with Crippen LogP contribution in [0.15, 0.2) is 48.5 Å². The van der Waals surface area contributed by atoms with Crippen LogP contribution >= 0.6 is 0 Å². The summed E-state index contributed by atoms with van der Waals surface area (Å²) in [5.41, 5.74) is 3.24. The first-order chi connectivity index (χ1) is 13.3. The highest BCUT2D eigenvalue weighted by Crippen LogP contribution is 2.41. The average molecular weight is 381 g/mol. The van der Waals surface area contributed by atoms with Crippen molar-refractivity contribution in [3.63, 3.8) is 0 Å². The van der Waals surface area contributed by atoms with Crippen LogP contribution in [0.5, 0.6) is 0 Å². The molecule has 2 atom stereocenters. The zero-order chi connectivity index (χ0) is 20.3. The van der Waals surface area contributed by atoms with Gasteiger partial charge in [0.2, 0.25) is 5.91 Å². The Balaban J connectivity index is 1.63. The third-order valence-corrected chi connectivity index (χ3v) is 5.46. The van der Waals surface area contributed by atoms with Crippen molar-refractivity contribution in [2.45, 2.75) is 38.8 Å². The number of carbonyl (C=O) groups is 1. The maximum atomic E-state index is 12.7. The number of nitro benzene ring substituents is 1. The molecule has 0 bridgehead atoms. The fraction of sp³-hybridized carbons (Fsp3) is 0.409.